The zero-order valence-corrected chi connectivity index (χ0v) is 16.1. The number of carbonyl (C=O) groups excluding carboxylic acids is 1. The molecule has 0 aliphatic heterocycles. The summed E-state index contributed by atoms with van der Waals surface area (Å²) in [5, 5.41) is 0. The second-order valence-electron chi connectivity index (χ2n) is 10.6. The maximum absolute atomic E-state index is 13.4. The van der Waals surface area contributed by atoms with Gasteiger partial charge >= 0.3 is 0 Å². The minimum absolute atomic E-state index is 0.0388. The predicted octanol–water partition coefficient (Wildman–Crippen LogP) is 6.26. The maximum Gasteiger partial charge on any atom is 0.142 e. The molecule has 22 heavy (non-hydrogen) atoms. The van der Waals surface area contributed by atoms with E-state index in [1.54, 1.807) is 0 Å². The van der Waals surface area contributed by atoms with Crippen LogP contribution >= 0.6 is 0 Å². The van der Waals surface area contributed by atoms with Crippen LogP contribution < -0.4 is 0 Å². The van der Waals surface area contributed by atoms with Crippen molar-refractivity contribution in [1.29, 1.82) is 0 Å². The smallest absolute Gasteiger partial charge is 0.142 e. The first-order valence-corrected chi connectivity index (χ1v) is 9.50. The molecule has 0 N–H and O–H groups in total. The second-order valence-corrected chi connectivity index (χ2v) is 10.6. The van der Waals surface area contributed by atoms with Gasteiger partial charge in [0.2, 0.25) is 0 Å². The Morgan fingerprint density at radius 2 is 1.45 bits per heavy atom. The molecule has 0 saturated heterocycles. The van der Waals surface area contributed by atoms with Crippen molar-refractivity contribution in [3.63, 3.8) is 0 Å². The molecule has 2 fully saturated rings. The van der Waals surface area contributed by atoms with E-state index in [2.05, 4.69) is 48.5 Å². The molecule has 0 aromatic rings. The molecule has 2 aliphatic rings. The van der Waals surface area contributed by atoms with Crippen molar-refractivity contribution in [1.82, 2.24) is 0 Å². The molecule has 2 saturated carbocycles. The van der Waals surface area contributed by atoms with Crippen molar-refractivity contribution in [3.8, 4) is 0 Å². The largest absolute Gasteiger partial charge is 0.299 e. The molecule has 3 atom stereocenters. The minimum Gasteiger partial charge on any atom is -0.299 e. The first kappa shape index (κ1) is 18.0. The number of Topliss-reactive ketones (excluding diaryl/α,β-unsaturated/α-hetero) is 1. The number of hydrogen-bond acceptors (Lipinski definition) is 1. The Morgan fingerprint density at radius 3 is 1.91 bits per heavy atom. The van der Waals surface area contributed by atoms with Crippen LogP contribution in [0.3, 0.4) is 0 Å². The van der Waals surface area contributed by atoms with Gasteiger partial charge in [0.05, 0.1) is 0 Å². The summed E-state index contributed by atoms with van der Waals surface area (Å²) < 4.78 is 0. The topological polar surface area (TPSA) is 17.1 Å². The second kappa shape index (κ2) is 5.95. The highest BCUT2D eigenvalue weighted by molar-refractivity contribution is 5.89. The highest BCUT2D eigenvalue weighted by Gasteiger charge is 2.56. The third-order valence-electron chi connectivity index (χ3n) is 6.51. The molecule has 0 bridgehead atoms. The lowest BCUT2D eigenvalue weighted by atomic mass is 9.58. The fourth-order valence-electron chi connectivity index (χ4n) is 4.79. The lowest BCUT2D eigenvalue weighted by Crippen LogP contribution is -2.44. The van der Waals surface area contributed by atoms with E-state index in [-0.39, 0.29) is 16.2 Å². The van der Waals surface area contributed by atoms with E-state index in [1.165, 1.54) is 38.5 Å². The van der Waals surface area contributed by atoms with Gasteiger partial charge < -0.3 is 0 Å². The third kappa shape index (κ3) is 3.77. The van der Waals surface area contributed by atoms with E-state index in [4.69, 9.17) is 0 Å². The first-order valence-electron chi connectivity index (χ1n) is 9.50. The van der Waals surface area contributed by atoms with Crippen LogP contribution in [-0.2, 0) is 4.79 Å². The normalized spacial score (nSPS) is 30.0. The molecule has 1 heteroatoms. The lowest BCUT2D eigenvalue weighted by molar-refractivity contribution is -0.138. The molecule has 0 aromatic carbocycles. The monoisotopic (exact) mass is 306 g/mol. The number of carbonyl (C=O) groups is 1. The van der Waals surface area contributed by atoms with Crippen molar-refractivity contribution < 1.29 is 4.79 Å². The molecule has 1 nitrogen and oxygen atoms in total. The van der Waals surface area contributed by atoms with Crippen LogP contribution in [0.4, 0.5) is 0 Å². The Kier molecular flexibility index (Phi) is 4.87. The Labute approximate surface area is 138 Å². The van der Waals surface area contributed by atoms with Gasteiger partial charge in [0.25, 0.3) is 0 Å². The van der Waals surface area contributed by atoms with Gasteiger partial charge in [0, 0.05) is 11.3 Å². The van der Waals surface area contributed by atoms with Crippen molar-refractivity contribution in [2.24, 2.45) is 34.0 Å². The van der Waals surface area contributed by atoms with Crippen LogP contribution in [-0.4, -0.2) is 5.78 Å². The van der Waals surface area contributed by atoms with Gasteiger partial charge in [-0.05, 0) is 35.5 Å². The Balaban J connectivity index is 2.10. The number of rotatable bonds is 4. The molecular formula is C21H38O. The predicted molar refractivity (Wildman–Crippen MR) is 94.8 cm³/mol. The zero-order chi connectivity index (χ0) is 16.8. The van der Waals surface area contributed by atoms with E-state index < -0.39 is 0 Å². The lowest BCUT2D eigenvalue weighted by Gasteiger charge is -2.45. The first-order chi connectivity index (χ1) is 9.96. The molecule has 128 valence electrons. The highest BCUT2D eigenvalue weighted by Crippen LogP contribution is 2.57. The maximum atomic E-state index is 13.4. The van der Waals surface area contributed by atoms with Crippen LogP contribution in [0, 0.1) is 34.0 Å². The summed E-state index contributed by atoms with van der Waals surface area (Å²) in [5.41, 5.74) is 0.0450. The standard InChI is InChI=1S/C21H38O/c1-19(2,3)14-21(7,20(4,5)6)18(22)17-13-16(17)15-11-9-8-10-12-15/h15-17H,8-14H2,1-7H3/t16-,17-,21?/m1/s1. The van der Waals surface area contributed by atoms with Crippen molar-refractivity contribution in [3.05, 3.63) is 0 Å². The third-order valence-corrected chi connectivity index (χ3v) is 6.51. The summed E-state index contributed by atoms with van der Waals surface area (Å²) in [7, 11) is 0. The van der Waals surface area contributed by atoms with Crippen LogP contribution in [0.15, 0.2) is 0 Å². The van der Waals surface area contributed by atoms with Crippen molar-refractivity contribution >= 4 is 5.78 Å². The fraction of sp³-hybridized carbons (Fsp3) is 0.952. The van der Waals surface area contributed by atoms with Gasteiger partial charge in [0.15, 0.2) is 0 Å². The molecule has 0 spiro atoms. The van der Waals surface area contributed by atoms with Crippen LogP contribution in [0.5, 0.6) is 0 Å². The molecule has 0 aromatic heterocycles. The Morgan fingerprint density at radius 1 is 0.909 bits per heavy atom. The van der Waals surface area contributed by atoms with E-state index in [0.717, 1.165) is 18.3 Å². The number of hydrogen-bond donors (Lipinski definition) is 0. The van der Waals surface area contributed by atoms with E-state index >= 15 is 0 Å². The summed E-state index contributed by atoms with van der Waals surface area (Å²) >= 11 is 0. The van der Waals surface area contributed by atoms with E-state index in [1.807, 2.05) is 0 Å². The van der Waals surface area contributed by atoms with E-state index in [0.29, 0.717) is 11.7 Å². The zero-order valence-electron chi connectivity index (χ0n) is 16.1. The molecule has 2 rings (SSSR count). The van der Waals surface area contributed by atoms with Gasteiger partial charge in [0.1, 0.15) is 5.78 Å². The molecule has 0 heterocycles. The highest BCUT2D eigenvalue weighted by atomic mass is 16.1. The number of ketones is 1. The van der Waals surface area contributed by atoms with Gasteiger partial charge in [-0.1, -0.05) is 80.6 Å². The quantitative estimate of drug-likeness (QED) is 0.599. The van der Waals surface area contributed by atoms with Crippen LogP contribution in [0.1, 0.15) is 93.4 Å². The van der Waals surface area contributed by atoms with E-state index in [9.17, 15) is 4.79 Å². The van der Waals surface area contributed by atoms with Crippen LogP contribution in [0.25, 0.3) is 0 Å². The average molecular weight is 307 g/mol. The summed E-state index contributed by atoms with van der Waals surface area (Å²) in [5.74, 6) is 2.51. The minimum atomic E-state index is -0.195. The Bertz CT molecular complexity index is 403. The van der Waals surface area contributed by atoms with Crippen molar-refractivity contribution in [2.75, 3.05) is 0 Å². The summed E-state index contributed by atoms with van der Waals surface area (Å²) in [4.78, 5) is 13.4. The molecule has 0 amide bonds. The molecule has 2 aliphatic carbocycles. The molecule has 1 unspecified atom stereocenters. The SMILES string of the molecule is CC(C)(C)CC(C)(C(=O)[C@@H]1C[C@@H]1C1CCCCC1)C(C)(C)C. The fourth-order valence-corrected chi connectivity index (χ4v) is 4.79. The molecular weight excluding hydrogens is 268 g/mol. The van der Waals surface area contributed by atoms with Gasteiger partial charge in [-0.15, -0.1) is 0 Å². The van der Waals surface area contributed by atoms with Crippen LogP contribution in [0.2, 0.25) is 0 Å². The summed E-state index contributed by atoms with van der Waals surface area (Å²) in [6, 6.07) is 0. The average Bonchev–Trinajstić information content (AvgIpc) is 3.15. The molecule has 0 radical (unpaired) electrons. The van der Waals surface area contributed by atoms with Crippen molar-refractivity contribution in [2.45, 2.75) is 93.4 Å². The summed E-state index contributed by atoms with van der Waals surface area (Å²) in [6.07, 6.45) is 9.11. The van der Waals surface area contributed by atoms with Gasteiger partial charge in [-0.3, -0.25) is 4.79 Å². The summed E-state index contributed by atoms with van der Waals surface area (Å²) in [6.45, 7) is 15.8. The van der Waals surface area contributed by atoms with Gasteiger partial charge in [-0.25, -0.2) is 0 Å². The Hall–Kier alpha value is -0.330. The van der Waals surface area contributed by atoms with Gasteiger partial charge in [-0.2, -0.15) is 0 Å².